The molecule has 3 aromatic rings. The van der Waals surface area contributed by atoms with Gasteiger partial charge in [-0.3, -0.25) is 4.79 Å². The van der Waals surface area contributed by atoms with Gasteiger partial charge in [0.1, 0.15) is 11.5 Å². The third-order valence-electron chi connectivity index (χ3n) is 8.53. The number of likely N-dealkylation sites (N-methyl/N-ethyl adjacent to an activating group) is 1. The second kappa shape index (κ2) is 9.91. The van der Waals surface area contributed by atoms with Crippen molar-refractivity contribution in [2.24, 2.45) is 0 Å². The van der Waals surface area contributed by atoms with Crippen molar-refractivity contribution in [1.29, 1.82) is 0 Å². The van der Waals surface area contributed by atoms with Gasteiger partial charge < -0.3 is 25.0 Å². The molecule has 1 unspecified atom stereocenters. The van der Waals surface area contributed by atoms with E-state index in [2.05, 4.69) is 20.4 Å². The fraction of sp³-hybridized carbons (Fsp3) is 0.433. The van der Waals surface area contributed by atoms with Crippen molar-refractivity contribution in [1.82, 2.24) is 20.4 Å². The minimum absolute atomic E-state index is 0.0754. The first-order chi connectivity index (χ1) is 18.5. The van der Waals surface area contributed by atoms with Crippen LogP contribution in [0.5, 0.6) is 11.5 Å². The maximum Gasteiger partial charge on any atom is 0.266 e. The van der Waals surface area contributed by atoms with E-state index in [9.17, 15) is 9.90 Å². The molecule has 2 N–H and O–H groups in total. The second-order valence-corrected chi connectivity index (χ2v) is 11.0. The van der Waals surface area contributed by atoms with Crippen molar-refractivity contribution < 1.29 is 14.6 Å². The summed E-state index contributed by atoms with van der Waals surface area (Å²) in [7, 11) is 1.96. The summed E-state index contributed by atoms with van der Waals surface area (Å²) in [5, 5.41) is 22.4. The van der Waals surface area contributed by atoms with Crippen LogP contribution in [0.1, 0.15) is 38.5 Å². The molecule has 1 amide bonds. The summed E-state index contributed by atoms with van der Waals surface area (Å²) in [6.07, 6.45) is 7.26. The maximum absolute atomic E-state index is 14.2. The topological polar surface area (TPSA) is 90.8 Å². The van der Waals surface area contributed by atoms with Crippen molar-refractivity contribution in [3.8, 4) is 22.8 Å². The van der Waals surface area contributed by atoms with Gasteiger partial charge in [0.2, 0.25) is 0 Å². The average Bonchev–Trinajstić information content (AvgIpc) is 3.71. The Morgan fingerprint density at radius 1 is 1.08 bits per heavy atom. The summed E-state index contributed by atoms with van der Waals surface area (Å²) in [5.74, 6) is 0.970. The second-order valence-electron chi connectivity index (χ2n) is 11.0. The number of aromatic nitrogens is 2. The number of rotatable bonds is 6. The number of benzene rings is 2. The first-order valence-corrected chi connectivity index (χ1v) is 13.6. The third kappa shape index (κ3) is 4.80. The first-order valence-electron chi connectivity index (χ1n) is 13.6. The molecule has 1 spiro atoms. The van der Waals surface area contributed by atoms with Gasteiger partial charge in [0.15, 0.2) is 5.60 Å². The Bertz CT molecular complexity index is 1290. The summed E-state index contributed by atoms with van der Waals surface area (Å²) in [6, 6.07) is 19.0. The average molecular weight is 514 g/mol. The molecule has 0 bridgehead atoms. The number of carbonyl (C=O) groups is 1. The van der Waals surface area contributed by atoms with Gasteiger partial charge in [-0.1, -0.05) is 30.3 Å². The molecule has 198 valence electrons. The molecule has 3 fully saturated rings. The van der Waals surface area contributed by atoms with Crippen LogP contribution in [0.3, 0.4) is 0 Å². The molecular weight excluding hydrogens is 478 g/mol. The van der Waals surface area contributed by atoms with Crippen molar-refractivity contribution >= 4 is 11.6 Å². The highest BCUT2D eigenvalue weighted by atomic mass is 16.5. The van der Waals surface area contributed by atoms with Crippen LogP contribution in [0.25, 0.3) is 11.3 Å². The van der Waals surface area contributed by atoms with E-state index >= 15 is 0 Å². The number of phenolic OH excluding ortho intramolecular Hbond substituents is 1. The van der Waals surface area contributed by atoms with Crippen molar-refractivity contribution in [2.45, 2.75) is 55.7 Å². The fourth-order valence-electron chi connectivity index (χ4n) is 6.03. The molecule has 2 aromatic carbocycles. The van der Waals surface area contributed by atoms with Crippen LogP contribution in [0, 0.1) is 0 Å². The number of nitrogens with zero attached hydrogens (tertiary/aromatic N) is 4. The van der Waals surface area contributed by atoms with Crippen molar-refractivity contribution in [3.05, 3.63) is 66.9 Å². The molecule has 0 radical (unpaired) electrons. The van der Waals surface area contributed by atoms with E-state index in [0.717, 1.165) is 30.8 Å². The van der Waals surface area contributed by atoms with E-state index in [1.54, 1.807) is 18.3 Å². The van der Waals surface area contributed by atoms with Crippen LogP contribution in [0.2, 0.25) is 0 Å². The maximum atomic E-state index is 14.2. The zero-order chi connectivity index (χ0) is 26.2. The molecule has 6 rings (SSSR count). The lowest BCUT2D eigenvalue weighted by molar-refractivity contribution is -0.152. The lowest BCUT2D eigenvalue weighted by Gasteiger charge is -2.45. The van der Waals surface area contributed by atoms with Gasteiger partial charge in [0.25, 0.3) is 5.91 Å². The minimum atomic E-state index is -0.921. The summed E-state index contributed by atoms with van der Waals surface area (Å²) in [4.78, 5) is 18.4. The molecule has 38 heavy (non-hydrogen) atoms. The minimum Gasteiger partial charge on any atom is -0.507 e. The van der Waals surface area contributed by atoms with Crippen LogP contribution in [-0.4, -0.2) is 70.0 Å². The Kier molecular flexibility index (Phi) is 6.43. The fourth-order valence-corrected chi connectivity index (χ4v) is 6.03. The molecule has 8 nitrogen and oxygen atoms in total. The molecule has 1 aliphatic carbocycles. The van der Waals surface area contributed by atoms with Crippen molar-refractivity contribution in [2.75, 3.05) is 31.6 Å². The van der Waals surface area contributed by atoms with Crippen LogP contribution in [0.4, 0.5) is 5.69 Å². The summed E-state index contributed by atoms with van der Waals surface area (Å²) in [6.45, 7) is 2.25. The van der Waals surface area contributed by atoms with Gasteiger partial charge in [0, 0.05) is 50.1 Å². The number of aromatic hydroxyl groups is 1. The van der Waals surface area contributed by atoms with Crippen LogP contribution < -0.4 is 15.0 Å². The van der Waals surface area contributed by atoms with Crippen molar-refractivity contribution in [3.63, 3.8) is 0 Å². The van der Waals surface area contributed by atoms with E-state index in [4.69, 9.17) is 4.74 Å². The van der Waals surface area contributed by atoms with E-state index in [0.29, 0.717) is 37.2 Å². The van der Waals surface area contributed by atoms with E-state index < -0.39 is 5.60 Å². The summed E-state index contributed by atoms with van der Waals surface area (Å²) in [5.41, 5.74) is 1.51. The zero-order valence-corrected chi connectivity index (χ0v) is 21.8. The van der Waals surface area contributed by atoms with Gasteiger partial charge >= 0.3 is 0 Å². The highest BCUT2D eigenvalue weighted by Crippen LogP contribution is 2.43. The van der Waals surface area contributed by atoms with Gasteiger partial charge in [-0.05, 0) is 62.6 Å². The number of amides is 1. The SMILES string of the molecule is CN(C(=O)C1(Oc2ccccc2)CCN(c2cnnc(-c3ccccc3O)c2)CC1)C1CCNC2(CC2)C1. The predicted octanol–water partition coefficient (Wildman–Crippen LogP) is 4.01. The number of hydrogen-bond donors (Lipinski definition) is 2. The zero-order valence-electron chi connectivity index (χ0n) is 21.8. The smallest absolute Gasteiger partial charge is 0.266 e. The van der Waals surface area contributed by atoms with Gasteiger partial charge in [0.05, 0.1) is 17.6 Å². The Morgan fingerprint density at radius 2 is 1.82 bits per heavy atom. The molecule has 8 heteroatoms. The number of piperidine rings is 2. The number of anilines is 1. The Morgan fingerprint density at radius 3 is 2.55 bits per heavy atom. The molecule has 1 saturated carbocycles. The number of hydrogen-bond acceptors (Lipinski definition) is 7. The summed E-state index contributed by atoms with van der Waals surface area (Å²) < 4.78 is 6.58. The lowest BCUT2D eigenvalue weighted by Crippen LogP contribution is -2.60. The molecule has 2 saturated heterocycles. The first kappa shape index (κ1) is 24.7. The van der Waals surface area contributed by atoms with Gasteiger partial charge in [-0.15, -0.1) is 0 Å². The van der Waals surface area contributed by atoms with Crippen LogP contribution in [-0.2, 0) is 4.79 Å². The van der Waals surface area contributed by atoms with E-state index in [1.807, 2.05) is 60.5 Å². The monoisotopic (exact) mass is 513 g/mol. The largest absolute Gasteiger partial charge is 0.507 e. The number of phenols is 1. The molecule has 1 atom stereocenters. The van der Waals surface area contributed by atoms with Crippen LogP contribution in [0.15, 0.2) is 66.9 Å². The highest BCUT2D eigenvalue weighted by molar-refractivity contribution is 5.86. The highest BCUT2D eigenvalue weighted by Gasteiger charge is 2.51. The Balaban J connectivity index is 1.22. The number of para-hydroxylation sites is 2. The standard InChI is InChI=1S/C30H35N5O3/c1-34(22-11-16-31-29(20-22)12-13-29)28(37)30(38-24-7-3-2-4-8-24)14-17-35(18-15-30)23-19-26(33-32-21-23)25-9-5-6-10-27(25)36/h2-10,19,21-22,31,36H,11-18,20H2,1H3. The lowest BCUT2D eigenvalue weighted by atomic mass is 9.87. The molecule has 2 aliphatic heterocycles. The summed E-state index contributed by atoms with van der Waals surface area (Å²) >= 11 is 0. The molecule has 3 heterocycles. The predicted molar refractivity (Wildman–Crippen MR) is 146 cm³/mol. The molecule has 3 aliphatic rings. The van der Waals surface area contributed by atoms with E-state index in [1.165, 1.54) is 12.8 Å². The third-order valence-corrected chi connectivity index (χ3v) is 8.53. The quantitative estimate of drug-likeness (QED) is 0.515. The van der Waals surface area contributed by atoms with Gasteiger partial charge in [-0.2, -0.15) is 10.2 Å². The molecular formula is C30H35N5O3. The van der Waals surface area contributed by atoms with E-state index in [-0.39, 0.29) is 23.2 Å². The number of carbonyl (C=O) groups excluding carboxylic acids is 1. The normalized spacial score (nSPS) is 21.6. The Labute approximate surface area is 223 Å². The number of nitrogens with one attached hydrogen (secondary N) is 1. The number of ether oxygens (including phenoxy) is 1. The van der Waals surface area contributed by atoms with Gasteiger partial charge in [-0.25, -0.2) is 0 Å². The Hall–Kier alpha value is -3.65. The molecule has 1 aromatic heterocycles. The van der Waals surface area contributed by atoms with Crippen LogP contribution >= 0.6 is 0 Å².